The number of hydrogen-bond donors (Lipinski definition) is 5. The van der Waals surface area contributed by atoms with Crippen LogP contribution in [-0.2, 0) is 16.1 Å². The van der Waals surface area contributed by atoms with E-state index in [9.17, 15) is 24.0 Å². The number of aromatic amines is 2. The fraction of sp³-hybridized carbons (Fsp3) is 0.278. The summed E-state index contributed by atoms with van der Waals surface area (Å²) in [4.78, 5) is 63.1. The van der Waals surface area contributed by atoms with Crippen molar-refractivity contribution >= 4 is 72.4 Å². The van der Waals surface area contributed by atoms with Crippen molar-refractivity contribution in [2.45, 2.75) is 25.4 Å². The van der Waals surface area contributed by atoms with E-state index in [2.05, 4.69) is 15.3 Å². The number of aromatic nitrogens is 2. The third-order valence-electron chi connectivity index (χ3n) is 4.12. The zero-order chi connectivity index (χ0) is 21.6. The van der Waals surface area contributed by atoms with Crippen LogP contribution >= 0.6 is 0 Å². The molecule has 1 aromatic carbocycles. The number of nitrogens with one attached hydrogen (secondary N) is 3. The standard InChI is InChI=1S/C18H20N4O7.Ba/c1-22(9-11-8-19-18(29)21-16(11)26)12-4-2-10(3-5-12)15(25)20-13(17(27)28)6-7-14(23)24;/h2-5,8,13H,6-7,9H2,1H3,(H,20,25)(H,23,24)(H,27,28)(H2,19,21,26,29);/q;+2. The predicted octanol–water partition coefficient (Wildman–Crippen LogP) is -0.633. The van der Waals surface area contributed by atoms with Crippen LogP contribution < -0.4 is 21.5 Å². The Hall–Kier alpha value is -2.32. The van der Waals surface area contributed by atoms with Crippen LogP contribution in [0.5, 0.6) is 0 Å². The van der Waals surface area contributed by atoms with Gasteiger partial charge in [-0.3, -0.25) is 19.4 Å². The van der Waals surface area contributed by atoms with Crippen LogP contribution in [0.25, 0.3) is 0 Å². The van der Waals surface area contributed by atoms with Crippen molar-refractivity contribution in [1.82, 2.24) is 15.3 Å². The van der Waals surface area contributed by atoms with E-state index in [0.29, 0.717) is 11.3 Å². The average Bonchev–Trinajstić information content (AvgIpc) is 2.66. The van der Waals surface area contributed by atoms with Gasteiger partial charge in [0.15, 0.2) is 0 Å². The predicted molar refractivity (Wildman–Crippen MR) is 108 cm³/mol. The second kappa shape index (κ2) is 11.8. The number of benzene rings is 1. The molecule has 0 saturated heterocycles. The van der Waals surface area contributed by atoms with E-state index in [1.54, 1.807) is 24.1 Å². The molecule has 0 fully saturated rings. The summed E-state index contributed by atoms with van der Waals surface area (Å²) >= 11 is 0. The summed E-state index contributed by atoms with van der Waals surface area (Å²) in [6.07, 6.45) is 0.707. The minimum Gasteiger partial charge on any atom is -0.481 e. The maximum Gasteiger partial charge on any atom is 2.00 e. The van der Waals surface area contributed by atoms with Gasteiger partial charge in [0.2, 0.25) is 0 Å². The Labute approximate surface area is 210 Å². The first-order chi connectivity index (χ1) is 13.7. The molecule has 12 heteroatoms. The Balaban J connectivity index is 0.00000450. The van der Waals surface area contributed by atoms with Gasteiger partial charge in [0.05, 0.1) is 5.56 Å². The third kappa shape index (κ3) is 7.50. The van der Waals surface area contributed by atoms with Crippen molar-refractivity contribution < 1.29 is 24.6 Å². The van der Waals surface area contributed by atoms with Gasteiger partial charge in [0, 0.05) is 37.5 Å². The van der Waals surface area contributed by atoms with Gasteiger partial charge >= 0.3 is 66.5 Å². The quantitative estimate of drug-likeness (QED) is 0.261. The van der Waals surface area contributed by atoms with Crippen LogP contribution in [0.2, 0.25) is 0 Å². The van der Waals surface area contributed by atoms with Crippen molar-refractivity contribution in [2.24, 2.45) is 0 Å². The molecule has 1 amide bonds. The summed E-state index contributed by atoms with van der Waals surface area (Å²) in [6.45, 7) is 0.202. The first-order valence-corrected chi connectivity index (χ1v) is 8.55. The molecule has 5 N–H and O–H groups in total. The molecule has 1 atom stereocenters. The first kappa shape index (κ1) is 25.7. The Morgan fingerprint density at radius 3 is 2.30 bits per heavy atom. The average molecular weight is 542 g/mol. The van der Waals surface area contributed by atoms with Gasteiger partial charge < -0.3 is 25.4 Å². The summed E-state index contributed by atoms with van der Waals surface area (Å²) in [6, 6.07) is 4.87. The summed E-state index contributed by atoms with van der Waals surface area (Å²) < 4.78 is 0. The van der Waals surface area contributed by atoms with E-state index in [4.69, 9.17) is 10.2 Å². The van der Waals surface area contributed by atoms with E-state index < -0.39 is 35.1 Å². The molecule has 30 heavy (non-hydrogen) atoms. The van der Waals surface area contributed by atoms with Gasteiger partial charge in [-0.15, -0.1) is 0 Å². The third-order valence-corrected chi connectivity index (χ3v) is 4.12. The summed E-state index contributed by atoms with van der Waals surface area (Å²) in [5, 5.41) is 20.1. The van der Waals surface area contributed by atoms with Crippen molar-refractivity contribution in [2.75, 3.05) is 11.9 Å². The molecule has 154 valence electrons. The molecule has 1 heterocycles. The number of carbonyl (C=O) groups is 3. The number of rotatable bonds is 9. The smallest absolute Gasteiger partial charge is 0.481 e. The molecule has 0 aliphatic rings. The van der Waals surface area contributed by atoms with E-state index in [1.165, 1.54) is 18.3 Å². The topological polar surface area (TPSA) is 173 Å². The van der Waals surface area contributed by atoms with Crippen LogP contribution in [0.3, 0.4) is 0 Å². The molecule has 0 saturated carbocycles. The van der Waals surface area contributed by atoms with Crippen molar-refractivity contribution in [3.63, 3.8) is 0 Å². The minimum absolute atomic E-state index is 0. The monoisotopic (exact) mass is 542 g/mol. The van der Waals surface area contributed by atoms with Crippen molar-refractivity contribution in [3.05, 3.63) is 62.4 Å². The van der Waals surface area contributed by atoms with Gasteiger partial charge in [0.25, 0.3) is 11.5 Å². The molecular formula is C18H20BaN4O7+2. The molecule has 0 aliphatic heterocycles. The number of nitrogens with zero attached hydrogens (tertiary/aromatic N) is 1. The van der Waals surface area contributed by atoms with E-state index in [-0.39, 0.29) is 73.8 Å². The number of carbonyl (C=O) groups excluding carboxylic acids is 1. The van der Waals surface area contributed by atoms with Gasteiger partial charge in [-0.1, -0.05) is 0 Å². The van der Waals surface area contributed by atoms with Crippen LogP contribution in [0.1, 0.15) is 28.8 Å². The van der Waals surface area contributed by atoms with Crippen LogP contribution in [0.15, 0.2) is 40.1 Å². The Morgan fingerprint density at radius 1 is 1.13 bits per heavy atom. The SMILES string of the molecule is CN(Cc1c[nH]c(=O)[nH]c1=O)c1ccc(C(=O)NC(CCC(=O)O)C(=O)O)cc1.[Ba+2]. The molecule has 0 aliphatic carbocycles. The maximum atomic E-state index is 12.2. The largest absolute Gasteiger partial charge is 2.00 e. The van der Waals surface area contributed by atoms with E-state index in [1.807, 2.05) is 0 Å². The van der Waals surface area contributed by atoms with Crippen molar-refractivity contribution in [1.29, 1.82) is 0 Å². The zero-order valence-corrected chi connectivity index (χ0v) is 20.6. The number of carboxylic acid groups (broad SMARTS) is 2. The number of amides is 1. The van der Waals surface area contributed by atoms with Crippen LogP contribution in [-0.4, -0.2) is 100.0 Å². The minimum atomic E-state index is -1.32. The van der Waals surface area contributed by atoms with Gasteiger partial charge in [0.1, 0.15) is 6.04 Å². The van der Waals surface area contributed by atoms with Gasteiger partial charge in [-0.05, 0) is 30.7 Å². The molecular weight excluding hydrogens is 522 g/mol. The molecule has 0 bridgehead atoms. The number of aliphatic carboxylic acids is 2. The Morgan fingerprint density at radius 2 is 1.77 bits per heavy atom. The van der Waals surface area contributed by atoms with Crippen LogP contribution in [0, 0.1) is 0 Å². The fourth-order valence-electron chi connectivity index (χ4n) is 2.54. The number of carboxylic acids is 2. The van der Waals surface area contributed by atoms with Crippen LogP contribution in [0.4, 0.5) is 5.69 Å². The van der Waals surface area contributed by atoms with E-state index in [0.717, 1.165) is 0 Å². The molecule has 2 aromatic rings. The molecule has 0 radical (unpaired) electrons. The number of hydrogen-bond acceptors (Lipinski definition) is 6. The first-order valence-electron chi connectivity index (χ1n) is 8.55. The van der Waals surface area contributed by atoms with Crippen molar-refractivity contribution in [3.8, 4) is 0 Å². The van der Waals surface area contributed by atoms with Gasteiger partial charge in [-0.25, -0.2) is 9.59 Å². The molecule has 11 nitrogen and oxygen atoms in total. The molecule has 0 spiro atoms. The summed E-state index contributed by atoms with van der Waals surface area (Å²) in [5.74, 6) is -3.12. The summed E-state index contributed by atoms with van der Waals surface area (Å²) in [5.41, 5.74) is 0.118. The fourth-order valence-corrected chi connectivity index (χ4v) is 2.54. The van der Waals surface area contributed by atoms with E-state index >= 15 is 0 Å². The number of H-pyrrole nitrogens is 2. The second-order valence-corrected chi connectivity index (χ2v) is 6.30. The maximum absolute atomic E-state index is 12.2. The Bertz CT molecular complexity index is 1020. The Kier molecular flexibility index (Phi) is 10.1. The summed E-state index contributed by atoms with van der Waals surface area (Å²) in [7, 11) is 1.71. The normalized spacial score (nSPS) is 11.1. The molecule has 1 aromatic heterocycles. The number of anilines is 1. The van der Waals surface area contributed by atoms with Gasteiger partial charge in [-0.2, -0.15) is 0 Å². The second-order valence-electron chi connectivity index (χ2n) is 6.30. The zero-order valence-electron chi connectivity index (χ0n) is 16.2. The molecule has 2 rings (SSSR count). The molecule has 1 unspecified atom stereocenters.